The number of nitrogens with zero attached hydrogens (tertiary/aromatic N) is 2. The molecule has 1 amide bonds. The number of para-hydroxylation sites is 2. The van der Waals surface area contributed by atoms with Gasteiger partial charge in [-0.1, -0.05) is 151 Å². The number of nitrogens with two attached hydrogens (primary N) is 1. The van der Waals surface area contributed by atoms with Crippen LogP contribution >= 0.6 is 0 Å². The second kappa shape index (κ2) is 31.0. The number of esters is 2. The smallest absolute Gasteiger partial charge is 0.328 e. The van der Waals surface area contributed by atoms with Gasteiger partial charge in [0.15, 0.2) is 26.4 Å². The Kier molecular flexibility index (Phi) is 25.7. The summed E-state index contributed by atoms with van der Waals surface area (Å²) in [5.74, 6) is -3.26. The Labute approximate surface area is 510 Å². The lowest BCUT2D eigenvalue weighted by Crippen LogP contribution is -2.53. The first-order valence-electron chi connectivity index (χ1n) is 27.6. The van der Waals surface area contributed by atoms with Gasteiger partial charge in [-0.05, 0) is 100 Å². The van der Waals surface area contributed by atoms with Crippen molar-refractivity contribution in [3.05, 3.63) is 165 Å². The maximum Gasteiger partial charge on any atom is 0.328 e. The monoisotopic (exact) mass is 1280 g/mol. The van der Waals surface area contributed by atoms with Crippen molar-refractivity contribution in [3.63, 3.8) is 0 Å². The number of carbonyl (C=O) groups excluding carboxylic acids is 3. The summed E-state index contributed by atoms with van der Waals surface area (Å²) < 4.78 is 77.7. The first-order chi connectivity index (χ1) is 40.4. The highest BCUT2D eigenvalue weighted by atomic mass is 32.2. The summed E-state index contributed by atoms with van der Waals surface area (Å²) in [6.07, 6.45) is 0.411. The summed E-state index contributed by atoms with van der Waals surface area (Å²) in [6, 6.07) is 32.6. The number of aliphatic carboxylic acids is 1. The Morgan fingerprint density at radius 3 is 1.31 bits per heavy atom. The highest BCUT2D eigenvalue weighted by Crippen LogP contribution is 2.38. The summed E-state index contributed by atoms with van der Waals surface area (Å²) in [5.41, 5.74) is 6.28. The molecule has 4 unspecified atom stereocenters. The van der Waals surface area contributed by atoms with Crippen molar-refractivity contribution in [3.8, 4) is 0 Å². The molecule has 0 heterocycles. The molecule has 0 aromatic heterocycles. The maximum absolute atomic E-state index is 13.6. The highest BCUT2D eigenvalue weighted by Gasteiger charge is 2.40. The van der Waals surface area contributed by atoms with Gasteiger partial charge < -0.3 is 34.5 Å². The number of carboxylic acid groups (broad SMARTS) is 1. The summed E-state index contributed by atoms with van der Waals surface area (Å²) in [5, 5.41) is 38.7. The molecule has 6 aromatic carbocycles. The lowest BCUT2D eigenvalue weighted by atomic mass is 10.0. The van der Waals surface area contributed by atoms with Crippen LogP contribution in [0.4, 0.5) is 11.4 Å². The summed E-state index contributed by atoms with van der Waals surface area (Å²) in [7, 11) is -10.7. The Balaban J connectivity index is 0.000000311. The van der Waals surface area contributed by atoms with Crippen LogP contribution in [-0.4, -0.2) is 124 Å². The number of methoxy groups -OCH3 is 2. The number of hydrogen-bond donors (Lipinski definition) is 5. The molecule has 0 bridgehead atoms. The minimum Gasteiger partial charge on any atom is -0.480 e. The fraction of sp³-hybridized carbons (Fsp3) is 0.400. The van der Waals surface area contributed by atoms with E-state index >= 15 is 0 Å². The van der Waals surface area contributed by atoms with Crippen LogP contribution in [0.15, 0.2) is 143 Å². The quantitative estimate of drug-likeness (QED) is 0.0154. The molecule has 0 radical (unpaired) electrons. The van der Waals surface area contributed by atoms with E-state index in [2.05, 4.69) is 47.7 Å². The van der Waals surface area contributed by atoms with Gasteiger partial charge in [-0.3, -0.25) is 34.6 Å². The van der Waals surface area contributed by atoms with Gasteiger partial charge in [0, 0.05) is 31.8 Å². The van der Waals surface area contributed by atoms with E-state index in [0.29, 0.717) is 6.42 Å². The van der Waals surface area contributed by atoms with Crippen molar-refractivity contribution < 1.29 is 69.3 Å². The fourth-order valence-electron chi connectivity index (χ4n) is 8.01. The molecule has 0 spiro atoms. The normalized spacial score (nSPS) is 13.5. The minimum atomic E-state index is -4.53. The lowest BCUT2D eigenvalue weighted by Gasteiger charge is -2.36. The number of hydrogen-bond acceptors (Lipinski definition) is 17. The molecule has 0 aliphatic heterocycles. The molecule has 87 heavy (non-hydrogen) atoms. The van der Waals surface area contributed by atoms with E-state index in [1.54, 1.807) is 0 Å². The fourth-order valence-corrected chi connectivity index (χ4v) is 12.9. The van der Waals surface area contributed by atoms with E-state index in [-0.39, 0.29) is 48.5 Å². The van der Waals surface area contributed by atoms with Gasteiger partial charge in [0.25, 0.3) is 11.4 Å². The predicted molar refractivity (Wildman–Crippen MR) is 337 cm³/mol. The van der Waals surface area contributed by atoms with Gasteiger partial charge in [0.2, 0.25) is 26.0 Å². The Bertz CT molecular complexity index is 3630. The van der Waals surface area contributed by atoms with Gasteiger partial charge in [-0.25, -0.2) is 21.6 Å². The molecule has 6 N–H and O–H groups in total. The van der Waals surface area contributed by atoms with Crippen LogP contribution in [0.5, 0.6) is 0 Å². The zero-order chi connectivity index (χ0) is 65.3. The first-order valence-corrected chi connectivity index (χ1v) is 36.4. The lowest BCUT2D eigenvalue weighted by molar-refractivity contribution is -0.388. The predicted octanol–water partition coefficient (Wildman–Crippen LogP) is 9.33. The molecule has 23 nitrogen and oxygen atoms in total. The van der Waals surface area contributed by atoms with Crippen LogP contribution in [0.25, 0.3) is 21.5 Å². The first kappa shape index (κ1) is 72.1. The number of nitro benzene ring substituents is 2. The van der Waals surface area contributed by atoms with E-state index in [1.807, 2.05) is 124 Å². The third-order valence-corrected chi connectivity index (χ3v) is 27.2. The molecular formula is C60H80N6O17S2Si2. The number of amides is 1. The molecule has 472 valence electrons. The molecule has 4 atom stereocenters. The van der Waals surface area contributed by atoms with Gasteiger partial charge in [0.05, 0.1) is 24.1 Å². The molecule has 6 aromatic rings. The number of benzene rings is 6. The van der Waals surface area contributed by atoms with Crippen LogP contribution in [-0.2, 0) is 70.4 Å². The molecular weight excluding hydrogens is 1200 g/mol. The summed E-state index contributed by atoms with van der Waals surface area (Å²) >= 11 is 0. The third-order valence-electron chi connectivity index (χ3n) is 15.1. The van der Waals surface area contributed by atoms with Gasteiger partial charge in [-0.15, -0.1) is 0 Å². The number of nitrogens with one attached hydrogen (secondary N) is 3. The van der Waals surface area contributed by atoms with Crippen molar-refractivity contribution in [1.82, 2.24) is 14.8 Å². The average Bonchev–Trinajstić information content (AvgIpc) is 1.86. The maximum atomic E-state index is 13.6. The third kappa shape index (κ3) is 20.9. The molecule has 0 aliphatic carbocycles. The van der Waals surface area contributed by atoms with E-state index in [9.17, 15) is 61.3 Å². The van der Waals surface area contributed by atoms with Crippen molar-refractivity contribution in [2.24, 2.45) is 5.73 Å². The highest BCUT2D eigenvalue weighted by molar-refractivity contribution is 7.90. The Morgan fingerprint density at radius 1 is 0.552 bits per heavy atom. The van der Waals surface area contributed by atoms with Crippen molar-refractivity contribution >= 4 is 93.4 Å². The van der Waals surface area contributed by atoms with Gasteiger partial charge >= 0.3 is 17.9 Å². The van der Waals surface area contributed by atoms with E-state index < -0.39 is 110 Å². The van der Waals surface area contributed by atoms with E-state index in [0.717, 1.165) is 51.6 Å². The SMILES string of the molecule is CC(C)(C)[Si](C)(C)OCCC(NS(=O)(=O)c1ccccc1[N+](=O)[O-])C(=O)O.COC(=O)C(Cc1ccc2ccccc2c1)NC(=O)C(CCO[Si](C)(C)C(C)(C)C)NS(=O)(=O)c1ccccc1[N+](=O)[O-].COC(=O)C(N)Cc1ccc2ccccc2c1. The number of carboxylic acids is 1. The van der Waals surface area contributed by atoms with Crippen molar-refractivity contribution in [2.45, 2.75) is 137 Å². The zero-order valence-corrected chi connectivity index (χ0v) is 54.7. The van der Waals surface area contributed by atoms with Crippen molar-refractivity contribution in [1.29, 1.82) is 0 Å². The summed E-state index contributed by atoms with van der Waals surface area (Å²) in [6.45, 7) is 20.4. The number of rotatable bonds is 25. The van der Waals surface area contributed by atoms with Crippen LogP contribution < -0.4 is 20.5 Å². The molecule has 0 saturated heterocycles. The molecule has 0 aliphatic rings. The largest absolute Gasteiger partial charge is 0.480 e. The molecule has 0 fully saturated rings. The van der Waals surface area contributed by atoms with Crippen LogP contribution in [0.1, 0.15) is 65.5 Å². The van der Waals surface area contributed by atoms with E-state index in [4.69, 9.17) is 19.3 Å². The average molecular weight is 1280 g/mol. The number of sulfonamides is 2. The second-order valence-corrected chi connectivity index (χ2v) is 36.4. The topological polar surface area (TPSA) is 342 Å². The molecule has 27 heteroatoms. The Morgan fingerprint density at radius 2 is 0.920 bits per heavy atom. The summed E-state index contributed by atoms with van der Waals surface area (Å²) in [4.78, 5) is 68.9. The molecule has 6 rings (SSSR count). The minimum absolute atomic E-state index is 0.0432. The van der Waals surface area contributed by atoms with Gasteiger partial charge in [-0.2, -0.15) is 9.44 Å². The number of fused-ring (bicyclic) bond motifs is 2. The van der Waals surface area contributed by atoms with Crippen LogP contribution in [0.2, 0.25) is 36.3 Å². The zero-order valence-electron chi connectivity index (χ0n) is 51.0. The van der Waals surface area contributed by atoms with Crippen LogP contribution in [0.3, 0.4) is 0 Å². The van der Waals surface area contributed by atoms with Gasteiger partial charge in [0.1, 0.15) is 24.2 Å². The van der Waals surface area contributed by atoms with E-state index in [1.165, 1.54) is 43.9 Å². The molecule has 0 saturated carbocycles. The number of carbonyl (C=O) groups is 4. The number of ether oxygens (including phenoxy) is 2. The van der Waals surface area contributed by atoms with Crippen molar-refractivity contribution in [2.75, 3.05) is 27.4 Å². The number of nitro groups is 2. The standard InChI is InChI=1S/C30H39N3O8SSi.C16H26N2O7SSi.C14H15NO2/c1-30(2,3)43(5,6)41-18-17-24(32-42(38,39)27-14-10-9-13-26(27)33(36)37)28(34)31-25(29(35)40-4)20-21-15-16-22-11-7-8-12-23(22)19-21;1-16(2,3)27(4,5)25-11-10-12(15(19)20)17-26(23,24)14-9-7-6-8-13(14)18(21)22;1-17-14(16)13(15)9-10-6-7-11-4-2-3-5-12(11)8-10/h7-16,19,24-25,32H,17-18,20H2,1-6H3,(H,31,34);6-9,12,17H,10-11H2,1-5H3,(H,19,20);2-8,13H,9,15H2,1H3. The van der Waals surface area contributed by atoms with Crippen LogP contribution in [0, 0.1) is 20.2 Å². The Hall–Kier alpha value is -7.35. The second-order valence-electron chi connectivity index (χ2n) is 23.4.